The molecular weight excluding hydrogens is 255 g/mol. The molecule has 0 unspecified atom stereocenters. The zero-order valence-corrected chi connectivity index (χ0v) is 7.28. The highest BCUT2D eigenvalue weighted by Gasteiger charge is 2.03. The van der Waals surface area contributed by atoms with Gasteiger partial charge in [0.1, 0.15) is 15.5 Å². The first-order valence-electron chi connectivity index (χ1n) is 2.03. The Bertz CT molecular complexity index is 208. The summed E-state index contributed by atoms with van der Waals surface area (Å²) in [6.45, 7) is 0. The monoisotopic (exact) mass is 254 g/mol. The maximum Gasteiger partial charge on any atom is 0.188 e. The van der Waals surface area contributed by atoms with Gasteiger partial charge in [0.2, 0.25) is 0 Å². The second kappa shape index (κ2) is 2.70. The summed E-state index contributed by atoms with van der Waals surface area (Å²) in [6, 6.07) is 0. The highest BCUT2D eigenvalue weighted by atomic mass is 79.9. The van der Waals surface area contributed by atoms with E-state index in [1.807, 2.05) is 0 Å². The van der Waals surface area contributed by atoms with Crippen LogP contribution in [0.3, 0.4) is 0 Å². The summed E-state index contributed by atoms with van der Waals surface area (Å²) in [7, 11) is 0. The summed E-state index contributed by atoms with van der Waals surface area (Å²) in [4.78, 5) is 7.08. The fourth-order valence-corrected chi connectivity index (χ4v) is 1.15. The van der Waals surface area contributed by atoms with Crippen molar-refractivity contribution in [1.29, 1.82) is 0 Å². The van der Waals surface area contributed by atoms with Crippen LogP contribution in [0.5, 0.6) is 0 Å². The zero-order valence-electron chi connectivity index (χ0n) is 4.11. The normalized spacial score (nSPS) is 9.67. The summed E-state index contributed by atoms with van der Waals surface area (Å²) in [5, 5.41) is 0. The van der Waals surface area contributed by atoms with Crippen LogP contribution in [0.2, 0.25) is 0 Å². The van der Waals surface area contributed by atoms with Crippen molar-refractivity contribution in [2.24, 2.45) is 0 Å². The number of hydrogen-bond donors (Lipinski definition) is 0. The zero-order chi connectivity index (χ0) is 6.85. The van der Waals surface area contributed by atoms with Crippen LogP contribution in [-0.2, 0) is 0 Å². The third-order valence-electron chi connectivity index (χ3n) is 0.704. The number of nitrogens with zero attached hydrogens (tertiary/aromatic N) is 2. The lowest BCUT2D eigenvalue weighted by molar-refractivity contribution is 0.596. The lowest BCUT2D eigenvalue weighted by atomic mass is 10.6. The molecule has 1 heterocycles. The van der Waals surface area contributed by atoms with Gasteiger partial charge in [0, 0.05) is 0 Å². The maximum absolute atomic E-state index is 12.5. The van der Waals surface area contributed by atoms with E-state index < -0.39 is 5.82 Å². The van der Waals surface area contributed by atoms with Gasteiger partial charge in [-0.1, -0.05) is 0 Å². The molecule has 5 heteroatoms. The van der Waals surface area contributed by atoms with E-state index in [4.69, 9.17) is 0 Å². The molecule has 1 rings (SSSR count). The van der Waals surface area contributed by atoms with Crippen molar-refractivity contribution in [1.82, 2.24) is 9.97 Å². The van der Waals surface area contributed by atoms with Crippen LogP contribution in [0.1, 0.15) is 0 Å². The fourth-order valence-electron chi connectivity index (χ4n) is 0.329. The predicted molar refractivity (Wildman–Crippen MR) is 37.4 cm³/mol. The Morgan fingerprint density at radius 1 is 1.22 bits per heavy atom. The fraction of sp³-hybridized carbons (Fsp3) is 0. The molecule has 2 nitrogen and oxygen atoms in total. The van der Waals surface area contributed by atoms with E-state index in [2.05, 4.69) is 41.8 Å². The van der Waals surface area contributed by atoms with Crippen molar-refractivity contribution in [3.05, 3.63) is 21.4 Å². The number of halogens is 3. The van der Waals surface area contributed by atoms with Gasteiger partial charge in [0.15, 0.2) is 5.82 Å². The van der Waals surface area contributed by atoms with E-state index in [-0.39, 0.29) is 9.21 Å². The predicted octanol–water partition coefficient (Wildman–Crippen LogP) is 2.14. The molecule has 0 aliphatic rings. The van der Waals surface area contributed by atoms with Gasteiger partial charge in [-0.2, -0.15) is 0 Å². The van der Waals surface area contributed by atoms with Crippen LogP contribution >= 0.6 is 31.9 Å². The van der Waals surface area contributed by atoms with Crippen molar-refractivity contribution >= 4 is 31.9 Å². The number of hydrogen-bond acceptors (Lipinski definition) is 2. The molecular formula is C4HBr2FN2. The van der Waals surface area contributed by atoms with Crippen molar-refractivity contribution in [3.63, 3.8) is 0 Å². The molecule has 0 spiro atoms. The van der Waals surface area contributed by atoms with Crippen LogP contribution in [0.15, 0.2) is 15.5 Å². The van der Waals surface area contributed by atoms with Gasteiger partial charge >= 0.3 is 0 Å². The van der Waals surface area contributed by atoms with Crippen LogP contribution in [0.25, 0.3) is 0 Å². The smallest absolute Gasteiger partial charge is 0.188 e. The molecule has 0 radical (unpaired) electrons. The Hall–Kier alpha value is -0.0300. The quantitative estimate of drug-likeness (QED) is 0.664. The molecule has 1 aromatic heterocycles. The molecule has 0 bridgehead atoms. The first-order chi connectivity index (χ1) is 4.22. The molecule has 0 aliphatic heterocycles. The van der Waals surface area contributed by atoms with Gasteiger partial charge in [0.25, 0.3) is 0 Å². The Labute approximate surface area is 67.8 Å². The van der Waals surface area contributed by atoms with Crippen molar-refractivity contribution in [2.45, 2.75) is 0 Å². The molecule has 0 N–H and O–H groups in total. The Balaban J connectivity index is 3.25. The van der Waals surface area contributed by atoms with Gasteiger partial charge in [-0.25, -0.2) is 14.4 Å². The van der Waals surface area contributed by atoms with E-state index in [0.717, 1.165) is 0 Å². The third-order valence-corrected chi connectivity index (χ3v) is 1.81. The van der Waals surface area contributed by atoms with E-state index >= 15 is 0 Å². The summed E-state index contributed by atoms with van der Waals surface area (Å²) < 4.78 is 12.9. The van der Waals surface area contributed by atoms with Gasteiger partial charge in [-0.15, -0.1) is 0 Å². The molecule has 0 saturated heterocycles. The molecule has 0 atom stereocenters. The topological polar surface area (TPSA) is 25.8 Å². The Kier molecular flexibility index (Phi) is 2.13. The second-order valence-corrected chi connectivity index (χ2v) is 2.77. The van der Waals surface area contributed by atoms with Crippen LogP contribution < -0.4 is 0 Å². The highest BCUT2D eigenvalue weighted by molar-refractivity contribution is 9.11. The number of rotatable bonds is 0. The van der Waals surface area contributed by atoms with E-state index in [9.17, 15) is 4.39 Å². The van der Waals surface area contributed by atoms with Gasteiger partial charge in [-0.05, 0) is 31.9 Å². The van der Waals surface area contributed by atoms with Crippen LogP contribution in [0, 0.1) is 5.82 Å². The van der Waals surface area contributed by atoms with Gasteiger partial charge < -0.3 is 0 Å². The minimum Gasteiger partial charge on any atom is -0.226 e. The van der Waals surface area contributed by atoms with Crippen molar-refractivity contribution < 1.29 is 4.39 Å². The van der Waals surface area contributed by atoms with Gasteiger partial charge in [0.05, 0.1) is 0 Å². The van der Waals surface area contributed by atoms with Crippen molar-refractivity contribution in [2.75, 3.05) is 0 Å². The summed E-state index contributed by atoms with van der Waals surface area (Å²) in [5.74, 6) is -0.475. The first kappa shape index (κ1) is 7.08. The largest absolute Gasteiger partial charge is 0.226 e. The maximum atomic E-state index is 12.5. The minimum absolute atomic E-state index is 0.171. The molecule has 0 saturated carbocycles. The van der Waals surface area contributed by atoms with E-state index in [1.54, 1.807) is 0 Å². The lowest BCUT2D eigenvalue weighted by Gasteiger charge is -1.91. The second-order valence-electron chi connectivity index (χ2n) is 1.27. The first-order valence-corrected chi connectivity index (χ1v) is 3.62. The standard InChI is InChI=1S/C4HBr2FN2/c5-3-2(7)4(6)9-1-8-3/h1H. The average molecular weight is 256 g/mol. The Morgan fingerprint density at radius 3 is 2.00 bits per heavy atom. The molecule has 0 fully saturated rings. The van der Waals surface area contributed by atoms with E-state index in [1.165, 1.54) is 6.33 Å². The molecule has 0 aromatic carbocycles. The molecule has 1 aromatic rings. The van der Waals surface area contributed by atoms with Gasteiger partial charge in [-0.3, -0.25) is 0 Å². The van der Waals surface area contributed by atoms with Crippen molar-refractivity contribution in [3.8, 4) is 0 Å². The molecule has 48 valence electrons. The minimum atomic E-state index is -0.475. The SMILES string of the molecule is Fc1c(Br)ncnc1Br. The van der Waals surface area contributed by atoms with Crippen LogP contribution in [-0.4, -0.2) is 9.97 Å². The third kappa shape index (κ3) is 1.46. The summed E-state index contributed by atoms with van der Waals surface area (Å²) >= 11 is 5.78. The highest BCUT2D eigenvalue weighted by Crippen LogP contribution is 2.17. The Morgan fingerprint density at radius 2 is 1.67 bits per heavy atom. The van der Waals surface area contributed by atoms with Crippen LogP contribution in [0.4, 0.5) is 4.39 Å². The number of aromatic nitrogens is 2. The molecule has 0 amide bonds. The summed E-state index contributed by atoms with van der Waals surface area (Å²) in [5.41, 5.74) is 0. The van der Waals surface area contributed by atoms with E-state index in [0.29, 0.717) is 0 Å². The summed E-state index contributed by atoms with van der Waals surface area (Å²) in [6.07, 6.45) is 1.26. The lowest BCUT2D eigenvalue weighted by Crippen LogP contribution is -1.86. The molecule has 9 heavy (non-hydrogen) atoms. The molecule has 0 aliphatic carbocycles. The average Bonchev–Trinajstić information content (AvgIpc) is 1.83.